The third-order valence-electron chi connectivity index (χ3n) is 3.43. The summed E-state index contributed by atoms with van der Waals surface area (Å²) in [6.07, 6.45) is 2.98. The van der Waals surface area contributed by atoms with Gasteiger partial charge >= 0.3 is 6.03 Å². The summed E-state index contributed by atoms with van der Waals surface area (Å²) >= 11 is 5.93. The average molecular weight is 333 g/mol. The minimum atomic E-state index is -0.259. The van der Waals surface area contributed by atoms with E-state index < -0.39 is 0 Å². The van der Waals surface area contributed by atoms with Crippen molar-refractivity contribution in [3.05, 3.63) is 59.1 Å². The van der Waals surface area contributed by atoms with Crippen LogP contribution >= 0.6 is 11.6 Å². The van der Waals surface area contributed by atoms with E-state index in [-0.39, 0.29) is 6.03 Å². The largest absolute Gasteiger partial charge is 0.495 e. The van der Waals surface area contributed by atoms with Gasteiger partial charge in [-0.1, -0.05) is 41.9 Å². The Bertz CT molecular complexity index is 632. The molecule has 0 heterocycles. The van der Waals surface area contributed by atoms with E-state index in [9.17, 15) is 4.79 Å². The number of carbonyl (C=O) groups excluding carboxylic acids is 1. The molecular weight excluding hydrogens is 312 g/mol. The molecule has 0 fully saturated rings. The molecular formula is C18H21ClN2O2. The predicted octanol–water partition coefficient (Wildman–Crippen LogP) is 4.49. The van der Waals surface area contributed by atoms with Gasteiger partial charge in [-0.25, -0.2) is 4.79 Å². The van der Waals surface area contributed by atoms with Gasteiger partial charge in [-0.05, 0) is 43.0 Å². The molecule has 122 valence electrons. The molecule has 0 aliphatic heterocycles. The minimum Gasteiger partial charge on any atom is -0.495 e. The monoisotopic (exact) mass is 332 g/mol. The fourth-order valence-corrected chi connectivity index (χ4v) is 2.42. The lowest BCUT2D eigenvalue weighted by molar-refractivity contribution is 0.252. The van der Waals surface area contributed by atoms with Crippen molar-refractivity contribution >= 4 is 23.3 Å². The van der Waals surface area contributed by atoms with Crippen LogP contribution in [0.1, 0.15) is 18.4 Å². The molecule has 0 atom stereocenters. The van der Waals surface area contributed by atoms with Crippen LogP contribution in [-0.4, -0.2) is 19.7 Å². The molecule has 2 amide bonds. The summed E-state index contributed by atoms with van der Waals surface area (Å²) < 4.78 is 5.19. The molecule has 2 aromatic rings. The van der Waals surface area contributed by atoms with Crippen LogP contribution in [-0.2, 0) is 6.42 Å². The molecule has 0 bridgehead atoms. The molecule has 0 saturated heterocycles. The Hall–Kier alpha value is -2.20. The number of rotatable bonds is 7. The smallest absolute Gasteiger partial charge is 0.319 e. The molecule has 4 nitrogen and oxygen atoms in total. The van der Waals surface area contributed by atoms with Gasteiger partial charge in [0.25, 0.3) is 0 Å². The first-order valence-electron chi connectivity index (χ1n) is 7.61. The van der Waals surface area contributed by atoms with Crippen molar-refractivity contribution in [1.82, 2.24) is 5.32 Å². The number of nitrogens with one attached hydrogen (secondary N) is 2. The van der Waals surface area contributed by atoms with Gasteiger partial charge in [-0.2, -0.15) is 0 Å². The lowest BCUT2D eigenvalue weighted by Gasteiger charge is -2.11. The van der Waals surface area contributed by atoms with Crippen molar-refractivity contribution in [3.63, 3.8) is 0 Å². The summed E-state index contributed by atoms with van der Waals surface area (Å²) in [7, 11) is 1.55. The molecule has 5 heteroatoms. The second-order valence-electron chi connectivity index (χ2n) is 5.17. The molecule has 0 aliphatic rings. The van der Waals surface area contributed by atoms with Crippen molar-refractivity contribution in [3.8, 4) is 5.75 Å². The van der Waals surface area contributed by atoms with Gasteiger partial charge in [-0.15, -0.1) is 0 Å². The van der Waals surface area contributed by atoms with Gasteiger partial charge in [0.05, 0.1) is 12.8 Å². The van der Waals surface area contributed by atoms with Crippen LogP contribution in [0.5, 0.6) is 5.75 Å². The zero-order chi connectivity index (χ0) is 16.5. The number of unbranched alkanes of at least 4 members (excludes halogenated alkanes) is 1. The SMILES string of the molecule is COc1ccc(Cl)cc1NC(=O)NCCCCc1ccccc1. The number of aryl methyl sites for hydroxylation is 1. The standard InChI is InChI=1S/C18H21ClN2O2/c1-23-17-11-10-15(19)13-16(17)21-18(22)20-12-6-5-9-14-7-3-2-4-8-14/h2-4,7-8,10-11,13H,5-6,9,12H2,1H3,(H2,20,21,22). The van der Waals surface area contributed by atoms with Crippen LogP contribution in [0.4, 0.5) is 10.5 Å². The fourth-order valence-electron chi connectivity index (χ4n) is 2.25. The van der Waals surface area contributed by atoms with E-state index in [1.165, 1.54) is 5.56 Å². The summed E-state index contributed by atoms with van der Waals surface area (Å²) in [6, 6.07) is 15.2. The van der Waals surface area contributed by atoms with Crippen molar-refractivity contribution in [2.24, 2.45) is 0 Å². The van der Waals surface area contributed by atoms with E-state index in [2.05, 4.69) is 22.8 Å². The normalized spacial score (nSPS) is 10.2. The predicted molar refractivity (Wildman–Crippen MR) is 94.4 cm³/mol. The van der Waals surface area contributed by atoms with Gasteiger partial charge < -0.3 is 15.4 Å². The number of anilines is 1. The van der Waals surface area contributed by atoms with E-state index in [4.69, 9.17) is 16.3 Å². The van der Waals surface area contributed by atoms with Gasteiger partial charge in [0.2, 0.25) is 0 Å². The number of ether oxygens (including phenoxy) is 1. The maximum absolute atomic E-state index is 11.9. The lowest BCUT2D eigenvalue weighted by atomic mass is 10.1. The van der Waals surface area contributed by atoms with Gasteiger partial charge in [0, 0.05) is 11.6 Å². The van der Waals surface area contributed by atoms with Crippen LogP contribution in [0.3, 0.4) is 0 Å². The zero-order valence-corrected chi connectivity index (χ0v) is 13.9. The molecule has 0 unspecified atom stereocenters. The molecule has 0 aliphatic carbocycles. The Morgan fingerprint density at radius 2 is 1.91 bits per heavy atom. The summed E-state index contributed by atoms with van der Waals surface area (Å²) in [5.41, 5.74) is 1.88. The van der Waals surface area contributed by atoms with Crippen LogP contribution in [0, 0.1) is 0 Å². The molecule has 0 radical (unpaired) electrons. The Balaban J connectivity index is 1.70. The van der Waals surface area contributed by atoms with E-state index >= 15 is 0 Å². The highest BCUT2D eigenvalue weighted by atomic mass is 35.5. The number of carbonyl (C=O) groups is 1. The summed E-state index contributed by atoms with van der Waals surface area (Å²) in [6.45, 7) is 0.627. The Kier molecular flexibility index (Phi) is 6.76. The van der Waals surface area contributed by atoms with Crippen molar-refractivity contribution in [1.29, 1.82) is 0 Å². The first-order chi connectivity index (χ1) is 11.2. The molecule has 0 saturated carbocycles. The molecule has 0 spiro atoms. The quantitative estimate of drug-likeness (QED) is 0.734. The highest BCUT2D eigenvalue weighted by Crippen LogP contribution is 2.27. The van der Waals surface area contributed by atoms with Crippen molar-refractivity contribution < 1.29 is 9.53 Å². The van der Waals surface area contributed by atoms with Crippen LogP contribution < -0.4 is 15.4 Å². The summed E-state index contributed by atoms with van der Waals surface area (Å²) in [5.74, 6) is 0.577. The van der Waals surface area contributed by atoms with Gasteiger partial charge in [0.1, 0.15) is 5.75 Å². The Morgan fingerprint density at radius 3 is 2.65 bits per heavy atom. The molecule has 2 N–H and O–H groups in total. The Labute approximate surface area is 141 Å². The number of amides is 2. The third kappa shape index (κ3) is 5.83. The molecule has 23 heavy (non-hydrogen) atoms. The van der Waals surface area contributed by atoms with Crippen LogP contribution in [0.15, 0.2) is 48.5 Å². The maximum atomic E-state index is 11.9. The van der Waals surface area contributed by atoms with Crippen LogP contribution in [0.25, 0.3) is 0 Å². The number of urea groups is 1. The van der Waals surface area contributed by atoms with Gasteiger partial charge in [-0.3, -0.25) is 0 Å². The second-order valence-corrected chi connectivity index (χ2v) is 5.60. The zero-order valence-electron chi connectivity index (χ0n) is 13.1. The Morgan fingerprint density at radius 1 is 1.13 bits per heavy atom. The maximum Gasteiger partial charge on any atom is 0.319 e. The van der Waals surface area contributed by atoms with E-state index in [0.29, 0.717) is 23.0 Å². The first kappa shape index (κ1) is 17.2. The molecule has 2 rings (SSSR count). The summed E-state index contributed by atoms with van der Waals surface area (Å²) in [4.78, 5) is 11.9. The van der Waals surface area contributed by atoms with Gasteiger partial charge in [0.15, 0.2) is 0 Å². The van der Waals surface area contributed by atoms with E-state index in [1.54, 1.807) is 25.3 Å². The highest BCUT2D eigenvalue weighted by molar-refractivity contribution is 6.31. The fraction of sp³-hybridized carbons (Fsp3) is 0.278. The number of methoxy groups -OCH3 is 1. The molecule has 2 aromatic carbocycles. The molecule has 0 aromatic heterocycles. The first-order valence-corrected chi connectivity index (χ1v) is 7.99. The third-order valence-corrected chi connectivity index (χ3v) is 3.67. The van der Waals surface area contributed by atoms with E-state index in [0.717, 1.165) is 19.3 Å². The second kappa shape index (κ2) is 9.06. The number of hydrogen-bond donors (Lipinski definition) is 2. The average Bonchev–Trinajstić information content (AvgIpc) is 2.56. The summed E-state index contributed by atoms with van der Waals surface area (Å²) in [5, 5.41) is 6.14. The van der Waals surface area contributed by atoms with Crippen molar-refractivity contribution in [2.75, 3.05) is 19.0 Å². The highest BCUT2D eigenvalue weighted by Gasteiger charge is 2.07. The lowest BCUT2D eigenvalue weighted by Crippen LogP contribution is -2.29. The van der Waals surface area contributed by atoms with Crippen molar-refractivity contribution in [2.45, 2.75) is 19.3 Å². The minimum absolute atomic E-state index is 0.259. The number of halogens is 1. The number of hydrogen-bond acceptors (Lipinski definition) is 2. The topological polar surface area (TPSA) is 50.4 Å². The van der Waals surface area contributed by atoms with E-state index in [1.807, 2.05) is 18.2 Å². The van der Waals surface area contributed by atoms with Crippen LogP contribution in [0.2, 0.25) is 5.02 Å². The number of benzene rings is 2.